The van der Waals surface area contributed by atoms with Crippen LogP contribution >= 0.6 is 0 Å². The van der Waals surface area contributed by atoms with Gasteiger partial charge in [-0.05, 0) is 23.8 Å². The minimum Gasteiger partial charge on any atom is -0.508 e. The second kappa shape index (κ2) is 12.7. The van der Waals surface area contributed by atoms with E-state index in [0.29, 0.717) is 5.56 Å². The van der Waals surface area contributed by atoms with Crippen LogP contribution < -0.4 is 9.47 Å². The molecule has 10 atom stereocenters. The van der Waals surface area contributed by atoms with Crippen LogP contribution in [-0.4, -0.2) is 126 Å². The quantitative estimate of drug-likeness (QED) is 0.150. The third-order valence-corrected chi connectivity index (χ3v) is 6.59. The van der Waals surface area contributed by atoms with Crippen LogP contribution in [0.4, 0.5) is 0 Å². The zero-order chi connectivity index (χ0) is 29.1. The lowest BCUT2D eigenvalue weighted by Crippen LogP contribution is -2.60. The molecular weight excluding hydrogens is 536 g/mol. The lowest BCUT2D eigenvalue weighted by molar-refractivity contribution is -0.282. The number of rotatable bonds is 8. The van der Waals surface area contributed by atoms with Crippen molar-refractivity contribution in [2.75, 3.05) is 13.2 Å². The molecule has 2 aliphatic heterocycles. The zero-order valence-corrected chi connectivity index (χ0v) is 20.9. The van der Waals surface area contributed by atoms with Crippen molar-refractivity contribution in [1.82, 2.24) is 0 Å². The van der Waals surface area contributed by atoms with Gasteiger partial charge in [0.25, 0.3) is 0 Å². The van der Waals surface area contributed by atoms with Gasteiger partial charge in [-0.1, -0.05) is 24.3 Å². The molecule has 2 aliphatic rings. The van der Waals surface area contributed by atoms with Gasteiger partial charge < -0.3 is 70.0 Å². The van der Waals surface area contributed by atoms with Gasteiger partial charge in [0.05, 0.1) is 13.2 Å². The first-order valence-corrected chi connectivity index (χ1v) is 12.3. The van der Waals surface area contributed by atoms with E-state index in [0.717, 1.165) is 6.07 Å². The van der Waals surface area contributed by atoms with Gasteiger partial charge in [-0.15, -0.1) is 0 Å². The largest absolute Gasteiger partial charge is 0.508 e. The SMILES string of the molecule is OCC1OC(Oc2cc(O)cc(C=Cc3ccc(O)cc3)c2OC2OC(CO)C(O)C(O)C2O)C(O)C(O)C1O. The van der Waals surface area contributed by atoms with E-state index in [9.17, 15) is 51.1 Å². The summed E-state index contributed by atoms with van der Waals surface area (Å²) in [6.45, 7) is -1.44. The van der Waals surface area contributed by atoms with Gasteiger partial charge in [0.15, 0.2) is 11.5 Å². The van der Waals surface area contributed by atoms with Gasteiger partial charge in [-0.3, -0.25) is 0 Å². The summed E-state index contributed by atoms with van der Waals surface area (Å²) in [5, 5.41) is 100. The standard InChI is InChI=1S/C26H32O14/c27-9-16-18(31)20(33)22(35)25(38-16)37-15-8-14(30)7-12(4-1-11-2-5-13(29)6-3-11)24(15)40-26-23(36)21(34)19(32)17(10-28)39-26/h1-8,16-23,25-36H,9-10H2. The molecule has 0 radical (unpaired) electrons. The minimum absolute atomic E-state index is 0.0383. The predicted molar refractivity (Wildman–Crippen MR) is 134 cm³/mol. The highest BCUT2D eigenvalue weighted by Crippen LogP contribution is 2.40. The van der Waals surface area contributed by atoms with Crippen LogP contribution in [0.2, 0.25) is 0 Å². The van der Waals surface area contributed by atoms with Crippen molar-refractivity contribution in [1.29, 1.82) is 0 Å². The topological polar surface area (TPSA) is 239 Å². The number of aromatic hydroxyl groups is 2. The predicted octanol–water partition coefficient (Wildman–Crippen LogP) is -2.37. The van der Waals surface area contributed by atoms with Gasteiger partial charge in [-0.2, -0.15) is 0 Å². The fourth-order valence-electron chi connectivity index (χ4n) is 4.29. The number of aliphatic hydroxyl groups is 8. The third-order valence-electron chi connectivity index (χ3n) is 6.59. The van der Waals surface area contributed by atoms with Crippen molar-refractivity contribution in [3.63, 3.8) is 0 Å². The summed E-state index contributed by atoms with van der Waals surface area (Å²) in [6, 6.07) is 8.38. The average molecular weight is 569 g/mol. The summed E-state index contributed by atoms with van der Waals surface area (Å²) in [5.41, 5.74) is 0.737. The van der Waals surface area contributed by atoms with Crippen LogP contribution in [0.15, 0.2) is 36.4 Å². The Morgan fingerprint density at radius 1 is 0.625 bits per heavy atom. The molecule has 10 unspecified atom stereocenters. The molecule has 14 heteroatoms. The van der Waals surface area contributed by atoms with E-state index in [1.165, 1.54) is 24.3 Å². The molecular formula is C26H32O14. The highest BCUT2D eigenvalue weighted by Gasteiger charge is 2.47. The Balaban J connectivity index is 1.73. The van der Waals surface area contributed by atoms with Crippen LogP contribution in [0.1, 0.15) is 11.1 Å². The summed E-state index contributed by atoms with van der Waals surface area (Å²) < 4.78 is 22.4. The highest BCUT2D eigenvalue weighted by molar-refractivity contribution is 5.75. The van der Waals surface area contributed by atoms with Gasteiger partial charge in [0.2, 0.25) is 12.6 Å². The van der Waals surface area contributed by atoms with Crippen LogP contribution in [0.3, 0.4) is 0 Å². The number of benzene rings is 2. The lowest BCUT2D eigenvalue weighted by atomic mass is 9.99. The molecule has 0 amide bonds. The summed E-state index contributed by atoms with van der Waals surface area (Å²) in [4.78, 5) is 0. The maximum absolute atomic E-state index is 10.5. The molecule has 2 aromatic rings. The molecule has 2 heterocycles. The van der Waals surface area contributed by atoms with Crippen LogP contribution in [0, 0.1) is 0 Å². The monoisotopic (exact) mass is 568 g/mol. The maximum Gasteiger partial charge on any atom is 0.229 e. The summed E-state index contributed by atoms with van der Waals surface area (Å²) >= 11 is 0. The molecule has 4 rings (SSSR count). The summed E-state index contributed by atoms with van der Waals surface area (Å²) in [5.74, 6) is -0.858. The van der Waals surface area contributed by atoms with Crippen LogP contribution in [0.25, 0.3) is 12.2 Å². The Morgan fingerprint density at radius 2 is 1.15 bits per heavy atom. The Hall–Kier alpha value is -3.02. The molecule has 2 fully saturated rings. The maximum atomic E-state index is 10.5. The third kappa shape index (κ3) is 6.31. The van der Waals surface area contributed by atoms with E-state index in [1.807, 2.05) is 0 Å². The van der Waals surface area contributed by atoms with Gasteiger partial charge in [-0.25, -0.2) is 0 Å². The van der Waals surface area contributed by atoms with Crippen molar-refractivity contribution in [3.05, 3.63) is 47.5 Å². The molecule has 2 aromatic carbocycles. The number of hydrogen-bond donors (Lipinski definition) is 10. The normalized spacial score (nSPS) is 34.6. The van der Waals surface area contributed by atoms with Crippen LogP contribution in [-0.2, 0) is 9.47 Å². The van der Waals surface area contributed by atoms with Crippen molar-refractivity contribution < 1.29 is 70.0 Å². The summed E-state index contributed by atoms with van der Waals surface area (Å²) in [6.07, 6.45) is -13.4. The Kier molecular flexibility index (Phi) is 9.48. The fourth-order valence-corrected chi connectivity index (χ4v) is 4.29. The molecule has 14 nitrogen and oxygen atoms in total. The molecule has 0 spiro atoms. The number of phenolic OH excluding ortho intramolecular Hbond substituents is 2. The van der Waals surface area contributed by atoms with E-state index in [-0.39, 0.29) is 28.6 Å². The van der Waals surface area contributed by atoms with E-state index in [4.69, 9.17) is 18.9 Å². The highest BCUT2D eigenvalue weighted by atomic mass is 16.7. The van der Waals surface area contributed by atoms with E-state index in [1.54, 1.807) is 18.2 Å². The van der Waals surface area contributed by atoms with Crippen molar-refractivity contribution in [3.8, 4) is 23.0 Å². The van der Waals surface area contributed by atoms with Gasteiger partial charge in [0.1, 0.15) is 60.3 Å². The van der Waals surface area contributed by atoms with Crippen LogP contribution in [0.5, 0.6) is 23.0 Å². The first-order valence-electron chi connectivity index (χ1n) is 12.3. The smallest absolute Gasteiger partial charge is 0.229 e. The van der Waals surface area contributed by atoms with Crippen molar-refractivity contribution >= 4 is 12.2 Å². The minimum atomic E-state index is -1.81. The molecule has 0 saturated carbocycles. The van der Waals surface area contributed by atoms with Crippen molar-refractivity contribution in [2.45, 2.75) is 61.4 Å². The molecule has 0 aliphatic carbocycles. The molecule has 0 aromatic heterocycles. The second-order valence-corrected chi connectivity index (χ2v) is 9.42. The van der Waals surface area contributed by atoms with E-state index < -0.39 is 74.6 Å². The fraction of sp³-hybridized carbons (Fsp3) is 0.462. The Bertz CT molecular complexity index is 1150. The zero-order valence-electron chi connectivity index (χ0n) is 20.9. The first-order chi connectivity index (χ1) is 19.0. The average Bonchev–Trinajstić information content (AvgIpc) is 2.94. The first kappa shape index (κ1) is 30.0. The molecule has 2 saturated heterocycles. The molecule has 10 N–H and O–H groups in total. The number of aliphatic hydroxyl groups excluding tert-OH is 8. The lowest BCUT2D eigenvalue weighted by Gasteiger charge is -2.41. The molecule has 40 heavy (non-hydrogen) atoms. The number of ether oxygens (including phenoxy) is 4. The van der Waals surface area contributed by atoms with Crippen molar-refractivity contribution in [2.24, 2.45) is 0 Å². The van der Waals surface area contributed by atoms with Gasteiger partial charge >= 0.3 is 0 Å². The summed E-state index contributed by atoms with van der Waals surface area (Å²) in [7, 11) is 0. The van der Waals surface area contributed by atoms with E-state index >= 15 is 0 Å². The van der Waals surface area contributed by atoms with Gasteiger partial charge in [0, 0.05) is 11.6 Å². The number of hydrogen-bond acceptors (Lipinski definition) is 14. The second-order valence-electron chi connectivity index (χ2n) is 9.42. The number of phenols is 2. The Morgan fingerprint density at radius 3 is 1.68 bits per heavy atom. The molecule has 220 valence electrons. The Labute approximate surface area is 227 Å². The van der Waals surface area contributed by atoms with E-state index in [2.05, 4.69) is 0 Å². The molecule has 0 bridgehead atoms.